The molecule has 2 atom stereocenters. The molecule has 0 aliphatic carbocycles. The van der Waals surface area contributed by atoms with Crippen molar-refractivity contribution in [3.05, 3.63) is 18.0 Å². The summed E-state index contributed by atoms with van der Waals surface area (Å²) in [6.07, 6.45) is 3.45. The van der Waals surface area contributed by atoms with Gasteiger partial charge >= 0.3 is 0 Å². The van der Waals surface area contributed by atoms with Gasteiger partial charge < -0.3 is 11.1 Å². The predicted molar refractivity (Wildman–Crippen MR) is 62.6 cm³/mol. The molecule has 0 saturated heterocycles. The van der Waals surface area contributed by atoms with Gasteiger partial charge in [-0.15, -0.1) is 0 Å². The average molecular weight is 224 g/mol. The summed E-state index contributed by atoms with van der Waals surface area (Å²) in [5.41, 5.74) is 6.56. The number of H-pyrrole nitrogens is 1. The second kappa shape index (κ2) is 4.65. The maximum Gasteiger partial charge on any atom is 0.237 e. The van der Waals surface area contributed by atoms with E-state index in [2.05, 4.69) is 15.5 Å². The fourth-order valence-electron chi connectivity index (χ4n) is 1.28. The van der Waals surface area contributed by atoms with Crippen molar-refractivity contribution in [3.63, 3.8) is 0 Å². The smallest absolute Gasteiger partial charge is 0.237 e. The topological polar surface area (TPSA) is 83.8 Å². The minimum absolute atomic E-state index is 0.0837. The zero-order valence-electron chi connectivity index (χ0n) is 10.2. The van der Waals surface area contributed by atoms with Gasteiger partial charge in [0.2, 0.25) is 5.91 Å². The van der Waals surface area contributed by atoms with Gasteiger partial charge in [0.05, 0.1) is 18.3 Å². The number of nitrogens with one attached hydrogen (secondary N) is 2. The normalized spacial score (nSPS) is 15.6. The molecule has 16 heavy (non-hydrogen) atoms. The third-order valence-electron chi connectivity index (χ3n) is 2.59. The quantitative estimate of drug-likeness (QED) is 0.715. The Hall–Kier alpha value is -1.36. The Morgan fingerprint density at radius 2 is 2.19 bits per heavy atom. The van der Waals surface area contributed by atoms with E-state index in [0.717, 1.165) is 5.56 Å². The van der Waals surface area contributed by atoms with Gasteiger partial charge in [0.25, 0.3) is 0 Å². The van der Waals surface area contributed by atoms with Crippen molar-refractivity contribution in [1.82, 2.24) is 15.5 Å². The highest BCUT2D eigenvalue weighted by atomic mass is 16.2. The lowest BCUT2D eigenvalue weighted by Crippen LogP contribution is -2.49. The summed E-state index contributed by atoms with van der Waals surface area (Å²) in [5, 5.41) is 9.41. The first kappa shape index (κ1) is 12.7. The van der Waals surface area contributed by atoms with Crippen molar-refractivity contribution in [3.8, 4) is 0 Å². The lowest BCUT2D eigenvalue weighted by molar-refractivity contribution is -0.125. The van der Waals surface area contributed by atoms with Gasteiger partial charge in [0, 0.05) is 11.8 Å². The number of aromatic amines is 1. The zero-order chi connectivity index (χ0) is 12.3. The summed E-state index contributed by atoms with van der Waals surface area (Å²) in [4.78, 5) is 11.8. The number of nitrogens with zero attached hydrogens (tertiary/aromatic N) is 1. The molecule has 5 nitrogen and oxygen atoms in total. The molecule has 4 N–H and O–H groups in total. The number of rotatable bonds is 3. The van der Waals surface area contributed by atoms with E-state index in [9.17, 15) is 4.79 Å². The van der Waals surface area contributed by atoms with Crippen molar-refractivity contribution < 1.29 is 4.79 Å². The Kier molecular flexibility index (Phi) is 3.70. The number of nitrogens with two attached hydrogens (primary N) is 1. The zero-order valence-corrected chi connectivity index (χ0v) is 10.2. The minimum atomic E-state index is -0.512. The van der Waals surface area contributed by atoms with Crippen molar-refractivity contribution >= 4 is 5.91 Å². The monoisotopic (exact) mass is 224 g/mol. The van der Waals surface area contributed by atoms with Crippen molar-refractivity contribution in [1.29, 1.82) is 0 Å². The van der Waals surface area contributed by atoms with Crippen LogP contribution in [0, 0.1) is 5.41 Å². The molecule has 0 spiro atoms. The SMILES string of the molecule is CC(NC(=O)[C@H](N)C(C)(C)C)c1cn[nH]c1. The van der Waals surface area contributed by atoms with Crippen molar-refractivity contribution in [2.45, 2.75) is 39.8 Å². The maximum absolute atomic E-state index is 11.8. The van der Waals surface area contributed by atoms with Gasteiger partial charge in [0.15, 0.2) is 0 Å². The number of aromatic nitrogens is 2. The summed E-state index contributed by atoms with van der Waals surface area (Å²) in [7, 11) is 0. The Bertz CT molecular complexity index is 339. The van der Waals surface area contributed by atoms with E-state index in [-0.39, 0.29) is 17.4 Å². The molecular formula is C11H20N4O. The van der Waals surface area contributed by atoms with Crippen LogP contribution in [0.2, 0.25) is 0 Å². The molecule has 1 aromatic rings. The molecule has 1 heterocycles. The molecule has 1 rings (SSSR count). The van der Waals surface area contributed by atoms with E-state index in [4.69, 9.17) is 5.73 Å². The molecule has 1 amide bonds. The van der Waals surface area contributed by atoms with E-state index < -0.39 is 6.04 Å². The third-order valence-corrected chi connectivity index (χ3v) is 2.59. The summed E-state index contributed by atoms with van der Waals surface area (Å²) < 4.78 is 0. The average Bonchev–Trinajstić information content (AvgIpc) is 2.67. The lowest BCUT2D eigenvalue weighted by Gasteiger charge is -2.27. The van der Waals surface area contributed by atoms with E-state index in [1.54, 1.807) is 12.4 Å². The van der Waals surface area contributed by atoms with Crippen LogP contribution in [0.15, 0.2) is 12.4 Å². The van der Waals surface area contributed by atoms with Crippen molar-refractivity contribution in [2.75, 3.05) is 0 Å². The van der Waals surface area contributed by atoms with Crippen LogP contribution in [-0.4, -0.2) is 22.1 Å². The molecule has 0 fully saturated rings. The van der Waals surface area contributed by atoms with Gasteiger partial charge in [-0.1, -0.05) is 20.8 Å². The van der Waals surface area contributed by atoms with Crippen LogP contribution in [-0.2, 0) is 4.79 Å². The molecule has 0 radical (unpaired) electrons. The van der Waals surface area contributed by atoms with Crippen LogP contribution in [0.1, 0.15) is 39.3 Å². The second-order valence-electron chi connectivity index (χ2n) is 5.11. The summed E-state index contributed by atoms with van der Waals surface area (Å²) in [5.74, 6) is -0.138. The van der Waals surface area contributed by atoms with E-state index >= 15 is 0 Å². The van der Waals surface area contributed by atoms with Crippen LogP contribution in [0.4, 0.5) is 0 Å². The second-order valence-corrected chi connectivity index (χ2v) is 5.11. The fraction of sp³-hybridized carbons (Fsp3) is 0.636. The Morgan fingerprint density at radius 3 is 2.62 bits per heavy atom. The molecular weight excluding hydrogens is 204 g/mol. The molecule has 0 aromatic carbocycles. The third kappa shape index (κ3) is 3.06. The Balaban J connectivity index is 2.59. The van der Waals surface area contributed by atoms with E-state index in [1.807, 2.05) is 27.7 Å². The standard InChI is InChI=1S/C11H20N4O/c1-7(8-5-13-14-6-8)15-10(16)9(12)11(2,3)4/h5-7,9H,12H2,1-4H3,(H,13,14)(H,15,16)/t7?,9-/m0/s1. The molecule has 0 aliphatic rings. The predicted octanol–water partition coefficient (Wildman–Crippen LogP) is 0.960. The highest BCUT2D eigenvalue weighted by molar-refractivity contribution is 5.82. The minimum Gasteiger partial charge on any atom is -0.348 e. The molecule has 0 saturated carbocycles. The fourth-order valence-corrected chi connectivity index (χ4v) is 1.28. The highest BCUT2D eigenvalue weighted by Crippen LogP contribution is 2.18. The first-order valence-corrected chi connectivity index (χ1v) is 5.37. The van der Waals surface area contributed by atoms with Gasteiger partial charge in [-0.05, 0) is 12.3 Å². The van der Waals surface area contributed by atoms with Gasteiger partial charge in [-0.3, -0.25) is 9.89 Å². The maximum atomic E-state index is 11.8. The Labute approximate surface area is 95.8 Å². The molecule has 5 heteroatoms. The Morgan fingerprint density at radius 1 is 1.56 bits per heavy atom. The van der Waals surface area contributed by atoms with Crippen LogP contribution < -0.4 is 11.1 Å². The van der Waals surface area contributed by atoms with Crippen LogP contribution in [0.3, 0.4) is 0 Å². The van der Waals surface area contributed by atoms with Crippen LogP contribution in [0.5, 0.6) is 0 Å². The summed E-state index contributed by atoms with van der Waals surface area (Å²) in [6, 6.07) is -0.596. The van der Waals surface area contributed by atoms with Gasteiger partial charge in [0.1, 0.15) is 0 Å². The first-order chi connectivity index (χ1) is 7.32. The summed E-state index contributed by atoms with van der Waals surface area (Å²) >= 11 is 0. The highest BCUT2D eigenvalue weighted by Gasteiger charge is 2.28. The number of amides is 1. The lowest BCUT2D eigenvalue weighted by atomic mass is 9.87. The van der Waals surface area contributed by atoms with E-state index in [1.165, 1.54) is 0 Å². The van der Waals surface area contributed by atoms with E-state index in [0.29, 0.717) is 0 Å². The van der Waals surface area contributed by atoms with Gasteiger partial charge in [-0.2, -0.15) is 5.10 Å². The van der Waals surface area contributed by atoms with Crippen LogP contribution >= 0.6 is 0 Å². The van der Waals surface area contributed by atoms with Gasteiger partial charge in [-0.25, -0.2) is 0 Å². The number of hydrogen-bond acceptors (Lipinski definition) is 3. The first-order valence-electron chi connectivity index (χ1n) is 5.37. The number of carbonyl (C=O) groups excluding carboxylic acids is 1. The molecule has 0 aliphatic heterocycles. The number of carbonyl (C=O) groups is 1. The number of hydrogen-bond donors (Lipinski definition) is 3. The molecule has 1 aromatic heterocycles. The molecule has 1 unspecified atom stereocenters. The largest absolute Gasteiger partial charge is 0.348 e. The molecule has 0 bridgehead atoms. The van der Waals surface area contributed by atoms with Crippen molar-refractivity contribution in [2.24, 2.45) is 11.1 Å². The summed E-state index contributed by atoms with van der Waals surface area (Å²) in [6.45, 7) is 7.73. The molecule has 90 valence electrons. The van der Waals surface area contributed by atoms with Crippen LogP contribution in [0.25, 0.3) is 0 Å².